The lowest BCUT2D eigenvalue weighted by Crippen LogP contribution is -2.33. The van der Waals surface area contributed by atoms with E-state index in [2.05, 4.69) is 30.6 Å². The van der Waals surface area contributed by atoms with Crippen molar-refractivity contribution in [2.45, 2.75) is 44.3 Å². The molecule has 2 N–H and O–H groups in total. The van der Waals surface area contributed by atoms with Crippen molar-refractivity contribution in [2.24, 2.45) is 0 Å². The molecule has 1 aliphatic heterocycles. The first kappa shape index (κ1) is 27.7. The number of anilines is 2. The second kappa shape index (κ2) is 11.0. The summed E-state index contributed by atoms with van der Waals surface area (Å²) in [6.07, 6.45) is -5.90. The predicted molar refractivity (Wildman–Crippen MR) is 136 cm³/mol. The van der Waals surface area contributed by atoms with Crippen molar-refractivity contribution < 1.29 is 31.1 Å². The molecule has 1 unspecified atom stereocenters. The molecule has 1 atom stereocenters. The number of nitrogens with zero attached hydrogens (tertiary/aromatic N) is 4. The molecule has 3 aromatic heterocycles. The fraction of sp³-hybridized carbons (Fsp3) is 0.333. The molecule has 4 aromatic rings. The van der Waals surface area contributed by atoms with E-state index in [9.17, 15) is 26.3 Å². The summed E-state index contributed by atoms with van der Waals surface area (Å²) in [7, 11) is 0. The fourth-order valence-electron chi connectivity index (χ4n) is 4.49. The molecule has 1 aliphatic rings. The first-order chi connectivity index (χ1) is 19.0. The summed E-state index contributed by atoms with van der Waals surface area (Å²) in [5.41, 5.74) is -1.45. The van der Waals surface area contributed by atoms with Crippen molar-refractivity contribution in [1.29, 1.82) is 0 Å². The second-order valence-electron chi connectivity index (χ2n) is 9.34. The van der Waals surface area contributed by atoms with Crippen LogP contribution < -0.4 is 10.6 Å². The van der Waals surface area contributed by atoms with Gasteiger partial charge in [-0.05, 0) is 69.3 Å². The van der Waals surface area contributed by atoms with Gasteiger partial charge in [-0.3, -0.25) is 4.98 Å². The summed E-state index contributed by atoms with van der Waals surface area (Å²) in [4.78, 5) is 16.6. The van der Waals surface area contributed by atoms with Crippen molar-refractivity contribution in [1.82, 2.24) is 25.3 Å². The Balaban J connectivity index is 1.57. The number of hydrogen-bond acceptors (Lipinski definition) is 7. The van der Waals surface area contributed by atoms with Crippen molar-refractivity contribution >= 4 is 22.4 Å². The molecule has 13 heteroatoms. The normalized spacial score (nSPS) is 15.8. The van der Waals surface area contributed by atoms with Crippen LogP contribution in [0.25, 0.3) is 22.2 Å². The highest BCUT2D eigenvalue weighted by atomic mass is 19.4. The molecular weight excluding hydrogens is 538 g/mol. The zero-order valence-corrected chi connectivity index (χ0v) is 21.1. The molecule has 40 heavy (non-hydrogen) atoms. The molecule has 0 aliphatic carbocycles. The van der Waals surface area contributed by atoms with E-state index in [4.69, 9.17) is 4.74 Å². The third-order valence-corrected chi connectivity index (χ3v) is 6.46. The summed E-state index contributed by atoms with van der Waals surface area (Å²) in [6.45, 7) is 3.38. The van der Waals surface area contributed by atoms with Crippen LogP contribution >= 0.6 is 0 Å². The average molecular weight is 563 g/mol. The maximum atomic E-state index is 13.7. The average Bonchev–Trinajstić information content (AvgIpc) is 2.92. The maximum absolute atomic E-state index is 13.7. The molecule has 0 amide bonds. The van der Waals surface area contributed by atoms with Crippen LogP contribution in [0.1, 0.15) is 43.0 Å². The zero-order chi connectivity index (χ0) is 28.5. The first-order valence-corrected chi connectivity index (χ1v) is 12.5. The minimum atomic E-state index is -4.62. The van der Waals surface area contributed by atoms with Crippen LogP contribution in [-0.4, -0.2) is 39.1 Å². The zero-order valence-electron chi connectivity index (χ0n) is 21.1. The first-order valence-electron chi connectivity index (χ1n) is 12.5. The van der Waals surface area contributed by atoms with Crippen LogP contribution in [0.2, 0.25) is 0 Å². The minimum absolute atomic E-state index is 0.0275. The third kappa shape index (κ3) is 6.15. The molecule has 1 aromatic carbocycles. The van der Waals surface area contributed by atoms with Gasteiger partial charge in [-0.2, -0.15) is 26.3 Å². The molecular formula is C27H24F6N6O. The lowest BCUT2D eigenvalue weighted by Gasteiger charge is -2.26. The van der Waals surface area contributed by atoms with Crippen LogP contribution in [0.3, 0.4) is 0 Å². The highest BCUT2D eigenvalue weighted by Gasteiger charge is 2.34. The Bertz CT molecular complexity index is 1490. The third-order valence-electron chi connectivity index (χ3n) is 6.46. The van der Waals surface area contributed by atoms with Gasteiger partial charge in [-0.1, -0.05) is 6.07 Å². The predicted octanol–water partition coefficient (Wildman–Crippen LogP) is 6.70. The summed E-state index contributed by atoms with van der Waals surface area (Å²) in [5, 5.41) is 6.67. The van der Waals surface area contributed by atoms with E-state index in [-0.39, 0.29) is 34.7 Å². The highest BCUT2D eigenvalue weighted by Crippen LogP contribution is 2.37. The van der Waals surface area contributed by atoms with E-state index in [1.54, 1.807) is 13.0 Å². The van der Waals surface area contributed by atoms with Crippen LogP contribution in [0.5, 0.6) is 0 Å². The number of pyridine rings is 2. The van der Waals surface area contributed by atoms with Crippen molar-refractivity contribution in [3.05, 3.63) is 71.9 Å². The summed E-state index contributed by atoms with van der Waals surface area (Å²) >= 11 is 0. The van der Waals surface area contributed by atoms with E-state index in [0.717, 1.165) is 44.3 Å². The van der Waals surface area contributed by atoms with Gasteiger partial charge in [0.25, 0.3) is 0 Å². The van der Waals surface area contributed by atoms with Crippen LogP contribution in [0, 0.1) is 0 Å². The summed E-state index contributed by atoms with van der Waals surface area (Å²) < 4.78 is 86.1. The van der Waals surface area contributed by atoms with Gasteiger partial charge < -0.3 is 15.4 Å². The highest BCUT2D eigenvalue weighted by molar-refractivity contribution is 5.93. The number of fused-ring (bicyclic) bond motifs is 1. The number of benzene rings is 1. The Morgan fingerprint density at radius 1 is 0.950 bits per heavy atom. The second-order valence-corrected chi connectivity index (χ2v) is 9.34. The van der Waals surface area contributed by atoms with Gasteiger partial charge in [-0.15, -0.1) is 0 Å². The van der Waals surface area contributed by atoms with E-state index in [0.29, 0.717) is 10.9 Å². The Labute approximate surface area is 225 Å². The smallest absolute Gasteiger partial charge is 0.367 e. The molecule has 0 saturated carbocycles. The summed E-state index contributed by atoms with van der Waals surface area (Å²) in [6, 6.07) is 8.72. The standard InChI is InChI=1S/C27H24F6N6O/c1-15(40-18-8-11-34-12-9-18)24-38-21-13-16(23-20(26(28,29)30)3-2-10-35-23)4-6-19(21)25(39-24)37-17-5-7-22(36-14-17)27(31,32)33/h2-7,10,13-15,18,34H,8-9,11-12H2,1H3,(H,37,38,39). The fourth-order valence-corrected chi connectivity index (χ4v) is 4.49. The molecule has 1 saturated heterocycles. The molecule has 210 valence electrons. The van der Waals surface area contributed by atoms with Crippen LogP contribution in [-0.2, 0) is 17.1 Å². The Morgan fingerprint density at radius 3 is 2.40 bits per heavy atom. The Hall–Kier alpha value is -3.84. The molecule has 0 radical (unpaired) electrons. The lowest BCUT2D eigenvalue weighted by molar-refractivity contribution is -0.141. The van der Waals surface area contributed by atoms with E-state index in [1.807, 2.05) is 0 Å². The number of halogens is 6. The number of rotatable bonds is 6. The lowest BCUT2D eigenvalue weighted by atomic mass is 10.0. The SMILES string of the molecule is CC(OC1CCNCC1)c1nc(Nc2ccc(C(F)(F)F)nc2)c2ccc(-c3ncccc3C(F)(F)F)cc2n1. The Morgan fingerprint density at radius 2 is 1.73 bits per heavy atom. The van der Waals surface area contributed by atoms with Crippen LogP contribution in [0.15, 0.2) is 54.9 Å². The minimum Gasteiger partial charge on any atom is -0.367 e. The maximum Gasteiger partial charge on any atom is 0.433 e. The van der Waals surface area contributed by atoms with Crippen molar-refractivity contribution in [2.75, 3.05) is 18.4 Å². The van der Waals surface area contributed by atoms with Gasteiger partial charge >= 0.3 is 12.4 Å². The van der Waals surface area contributed by atoms with E-state index < -0.39 is 29.7 Å². The number of piperidine rings is 1. The monoisotopic (exact) mass is 562 g/mol. The van der Waals surface area contributed by atoms with Gasteiger partial charge in [0.1, 0.15) is 17.6 Å². The molecule has 7 nitrogen and oxygen atoms in total. The topological polar surface area (TPSA) is 84.9 Å². The number of ether oxygens (including phenoxy) is 1. The molecule has 0 spiro atoms. The van der Waals surface area contributed by atoms with E-state index in [1.165, 1.54) is 30.5 Å². The van der Waals surface area contributed by atoms with Gasteiger partial charge in [-0.25, -0.2) is 15.0 Å². The van der Waals surface area contributed by atoms with Crippen molar-refractivity contribution in [3.63, 3.8) is 0 Å². The molecule has 0 bridgehead atoms. The van der Waals surface area contributed by atoms with Gasteiger partial charge in [0, 0.05) is 17.1 Å². The van der Waals surface area contributed by atoms with Gasteiger partial charge in [0.2, 0.25) is 0 Å². The number of alkyl halides is 6. The Kier molecular flexibility index (Phi) is 7.60. The molecule has 4 heterocycles. The van der Waals surface area contributed by atoms with Crippen molar-refractivity contribution in [3.8, 4) is 11.3 Å². The summed E-state index contributed by atoms with van der Waals surface area (Å²) in [5.74, 6) is 0.508. The molecule has 1 fully saturated rings. The van der Waals surface area contributed by atoms with Gasteiger partial charge in [0.15, 0.2) is 5.82 Å². The molecule has 5 rings (SSSR count). The van der Waals surface area contributed by atoms with Crippen LogP contribution in [0.4, 0.5) is 37.8 Å². The largest absolute Gasteiger partial charge is 0.433 e. The number of aromatic nitrogens is 4. The number of hydrogen-bond donors (Lipinski definition) is 2. The quantitative estimate of drug-likeness (QED) is 0.253. The van der Waals surface area contributed by atoms with E-state index >= 15 is 0 Å². The van der Waals surface area contributed by atoms with Gasteiger partial charge in [0.05, 0.1) is 34.8 Å². The number of nitrogens with one attached hydrogen (secondary N) is 2.